The zero-order valence-corrected chi connectivity index (χ0v) is 49.3. The van der Waals surface area contributed by atoms with Crippen molar-refractivity contribution < 1.29 is 48.3 Å². The summed E-state index contributed by atoms with van der Waals surface area (Å²) in [4.78, 5) is 127. The first-order chi connectivity index (χ1) is 37.9. The number of benzene rings is 2. The molecule has 4 rings (SSSR count). The molecule has 2 aromatic rings. The number of rotatable bonds is 32. The molecular weight excluding hydrogens is 1020 g/mol. The molecule has 2 aliphatic rings. The molecule has 2 aliphatic heterocycles. The summed E-state index contributed by atoms with van der Waals surface area (Å²) in [6.07, 6.45) is 5.07. The normalized spacial score (nSPS) is 18.7. The van der Waals surface area contributed by atoms with Crippen molar-refractivity contribution in [1.82, 2.24) is 41.7 Å². The van der Waals surface area contributed by atoms with E-state index in [1.165, 1.54) is 4.90 Å². The maximum atomic E-state index is 14.7. The molecule has 19 heteroatoms. The Morgan fingerprint density at radius 3 is 1.56 bits per heavy atom. The van der Waals surface area contributed by atoms with Crippen LogP contribution in [0.1, 0.15) is 157 Å². The van der Waals surface area contributed by atoms with Crippen molar-refractivity contribution >= 4 is 53.2 Å². The molecule has 2 saturated heterocycles. The molecule has 80 heavy (non-hydrogen) atoms. The number of amides is 8. The highest BCUT2D eigenvalue weighted by atomic mass is 16.4. The van der Waals surface area contributed by atoms with Crippen molar-refractivity contribution in [1.29, 1.82) is 0 Å². The minimum absolute atomic E-state index is 0.00294. The molecule has 0 spiro atoms. The highest BCUT2D eigenvalue weighted by molar-refractivity contribution is 5.97. The van der Waals surface area contributed by atoms with Gasteiger partial charge in [-0.05, 0) is 105 Å². The number of carboxylic acids is 1. The molecule has 0 radical (unpaired) electrons. The summed E-state index contributed by atoms with van der Waals surface area (Å²) in [5.74, 6) is -5.27. The second-order valence-electron chi connectivity index (χ2n) is 23.6. The molecule has 2 heterocycles. The first-order valence-corrected chi connectivity index (χ1v) is 29.4. The van der Waals surface area contributed by atoms with Gasteiger partial charge in [-0.25, -0.2) is 4.79 Å². The molecule has 2 aromatic carbocycles. The van der Waals surface area contributed by atoms with Crippen LogP contribution < -0.4 is 37.6 Å². The van der Waals surface area contributed by atoms with Gasteiger partial charge in [0.15, 0.2) is 0 Å². The van der Waals surface area contributed by atoms with Gasteiger partial charge in [-0.1, -0.05) is 143 Å². The van der Waals surface area contributed by atoms with E-state index in [1.54, 1.807) is 18.7 Å². The smallest absolute Gasteiger partial charge is 0.326 e. The number of nitrogens with zero attached hydrogens (tertiary/aromatic N) is 2. The molecule has 11 atom stereocenters. The van der Waals surface area contributed by atoms with E-state index >= 15 is 0 Å². The van der Waals surface area contributed by atoms with Crippen molar-refractivity contribution in [3.63, 3.8) is 0 Å². The Balaban J connectivity index is 1.46. The quantitative estimate of drug-likeness (QED) is 0.0473. The number of likely N-dealkylation sites (tertiary alicyclic amines) is 2. The van der Waals surface area contributed by atoms with Gasteiger partial charge in [0, 0.05) is 38.0 Å². The number of aliphatic carboxylic acids is 1. The van der Waals surface area contributed by atoms with Gasteiger partial charge in [0.25, 0.3) is 0 Å². The lowest BCUT2D eigenvalue weighted by molar-refractivity contribution is -0.148. The minimum atomic E-state index is -1.10. The summed E-state index contributed by atoms with van der Waals surface area (Å²) in [6.45, 7) is 19.3. The third-order valence-electron chi connectivity index (χ3n) is 15.7. The largest absolute Gasteiger partial charge is 0.480 e. The number of carbonyl (C=O) groups excluding carboxylic acids is 8. The molecular formula is C61H95N9O10. The Labute approximate surface area is 475 Å². The third kappa shape index (κ3) is 20.6. The predicted molar refractivity (Wildman–Crippen MR) is 308 cm³/mol. The van der Waals surface area contributed by atoms with Crippen LogP contribution in [0.2, 0.25) is 0 Å². The summed E-state index contributed by atoms with van der Waals surface area (Å²) in [7, 11) is 0. The molecule has 9 N–H and O–H groups in total. The van der Waals surface area contributed by atoms with Crippen molar-refractivity contribution in [2.45, 2.75) is 214 Å². The van der Waals surface area contributed by atoms with Crippen molar-refractivity contribution in [3.05, 3.63) is 71.8 Å². The molecule has 19 nitrogen and oxygen atoms in total. The van der Waals surface area contributed by atoms with Crippen LogP contribution >= 0.6 is 0 Å². The standard InChI is InChI=1S/C61H95N9O10/c1-11-40(9)52(62)57(75)68-54(41(10)12-2)58(76)66-46(33-37(3)4)55(73)67-53(39(7)8)60(78)70-32-20-26-49(70)59(77)69-31-19-25-48(69)56(74)64-45(36-43-23-17-14-18-24-43)28-29-50(71)63-44(35-42-21-15-13-16-22-42)27-30-51(72)65-47(61(79)80)34-38(5)6/h13-18,21-24,37-41,44-49,52-54H,11-12,19-20,25-36,62H2,1-10H3,(H,63,71)(H,64,74)(H,65,72)(H,66,76)(H,67,73)(H,68,75)(H,79,80)/t40-,41-,44+,45+,46-,47-,48-,49-,52-,53-,54-/m0/s1. The molecule has 8 amide bonds. The van der Waals surface area contributed by atoms with E-state index in [1.807, 2.05) is 116 Å². The zero-order valence-electron chi connectivity index (χ0n) is 49.3. The lowest BCUT2D eigenvalue weighted by Crippen LogP contribution is -2.61. The Morgan fingerprint density at radius 1 is 0.562 bits per heavy atom. The summed E-state index contributed by atoms with van der Waals surface area (Å²) in [6, 6.07) is 11.6. The lowest BCUT2D eigenvalue weighted by atomic mass is 9.94. The number of nitrogens with one attached hydrogen (secondary N) is 6. The van der Waals surface area contributed by atoms with Crippen LogP contribution in [0, 0.1) is 29.6 Å². The van der Waals surface area contributed by atoms with Gasteiger partial charge < -0.3 is 52.5 Å². The van der Waals surface area contributed by atoms with Crippen LogP contribution in [-0.4, -0.2) is 136 Å². The van der Waals surface area contributed by atoms with Gasteiger partial charge in [0.2, 0.25) is 47.3 Å². The van der Waals surface area contributed by atoms with E-state index < -0.39 is 95.8 Å². The fourth-order valence-corrected chi connectivity index (χ4v) is 10.6. The molecule has 0 aromatic heterocycles. The van der Waals surface area contributed by atoms with Crippen molar-refractivity contribution in [2.24, 2.45) is 35.3 Å². The first-order valence-electron chi connectivity index (χ1n) is 29.4. The van der Waals surface area contributed by atoms with E-state index in [2.05, 4.69) is 31.9 Å². The average Bonchev–Trinajstić information content (AvgIpc) is 4.16. The Kier molecular flexibility index (Phi) is 27.1. The zero-order chi connectivity index (χ0) is 59.2. The fraction of sp³-hybridized carbons (Fsp3) is 0.656. The van der Waals surface area contributed by atoms with E-state index in [9.17, 15) is 48.3 Å². The Bertz CT molecular complexity index is 2350. The monoisotopic (exact) mass is 1110 g/mol. The average molecular weight is 1110 g/mol. The molecule has 2 fully saturated rings. The van der Waals surface area contributed by atoms with E-state index in [-0.39, 0.29) is 86.5 Å². The van der Waals surface area contributed by atoms with Crippen LogP contribution in [-0.2, 0) is 56.0 Å². The summed E-state index contributed by atoms with van der Waals surface area (Å²) in [5.41, 5.74) is 8.12. The number of carboxylic acid groups (broad SMARTS) is 1. The SMILES string of the molecule is CC[C@H](C)[C@H](N)C(=O)N[C@H](C(=O)N[C@@H](CC(C)C)C(=O)N[C@H](C(=O)N1CCC[C@H]1C(=O)N1CCC[C@H]1C(=O)N[C@H](CCC(=O)N[C@H](CCC(=O)N[C@@H](CC(C)C)C(=O)O)Cc1ccccc1)Cc1ccccc1)C(C)C)[C@@H](C)CC. The van der Waals surface area contributed by atoms with Crippen molar-refractivity contribution in [3.8, 4) is 0 Å². The van der Waals surface area contributed by atoms with E-state index in [4.69, 9.17) is 5.73 Å². The topological polar surface area (TPSA) is 279 Å². The van der Waals surface area contributed by atoms with Gasteiger partial charge in [0.1, 0.15) is 36.3 Å². The Hall–Kier alpha value is -6.37. The van der Waals surface area contributed by atoms with Crippen LogP contribution in [0.25, 0.3) is 0 Å². The predicted octanol–water partition coefficient (Wildman–Crippen LogP) is 5.18. The first kappa shape index (κ1) is 66.1. The van der Waals surface area contributed by atoms with E-state index in [0.717, 1.165) is 11.1 Å². The van der Waals surface area contributed by atoms with Crippen LogP contribution in [0.5, 0.6) is 0 Å². The number of hydrogen-bond donors (Lipinski definition) is 8. The minimum Gasteiger partial charge on any atom is -0.480 e. The molecule has 0 saturated carbocycles. The highest BCUT2D eigenvalue weighted by Crippen LogP contribution is 2.27. The molecule has 0 aliphatic carbocycles. The number of hydrogen-bond acceptors (Lipinski definition) is 10. The van der Waals surface area contributed by atoms with Gasteiger partial charge in [0.05, 0.1) is 6.04 Å². The summed E-state index contributed by atoms with van der Waals surface area (Å²) < 4.78 is 0. The summed E-state index contributed by atoms with van der Waals surface area (Å²) >= 11 is 0. The Morgan fingerprint density at radius 2 is 1.05 bits per heavy atom. The van der Waals surface area contributed by atoms with Crippen molar-refractivity contribution in [2.75, 3.05) is 13.1 Å². The highest BCUT2D eigenvalue weighted by Gasteiger charge is 2.45. The second-order valence-corrected chi connectivity index (χ2v) is 23.6. The van der Waals surface area contributed by atoms with Gasteiger partial charge >= 0.3 is 5.97 Å². The lowest BCUT2D eigenvalue weighted by Gasteiger charge is -2.35. The van der Waals surface area contributed by atoms with Gasteiger partial charge in [-0.3, -0.25) is 38.4 Å². The second kappa shape index (κ2) is 32.8. The number of nitrogens with two attached hydrogens (primary N) is 1. The molecule has 0 unspecified atom stereocenters. The van der Waals surface area contributed by atoms with Gasteiger partial charge in [-0.15, -0.1) is 0 Å². The fourth-order valence-electron chi connectivity index (χ4n) is 10.6. The maximum absolute atomic E-state index is 14.7. The summed E-state index contributed by atoms with van der Waals surface area (Å²) in [5, 5.41) is 27.2. The molecule has 444 valence electrons. The van der Waals surface area contributed by atoms with E-state index in [0.29, 0.717) is 57.9 Å². The molecule has 0 bridgehead atoms. The van der Waals surface area contributed by atoms with Crippen LogP contribution in [0.3, 0.4) is 0 Å². The van der Waals surface area contributed by atoms with Crippen LogP contribution in [0.15, 0.2) is 60.7 Å². The maximum Gasteiger partial charge on any atom is 0.326 e. The van der Waals surface area contributed by atoms with Crippen LogP contribution in [0.4, 0.5) is 0 Å². The third-order valence-corrected chi connectivity index (χ3v) is 15.7. The number of carbonyl (C=O) groups is 9. The van der Waals surface area contributed by atoms with Gasteiger partial charge in [-0.2, -0.15) is 0 Å².